The molecule has 0 radical (unpaired) electrons. The molecule has 1 saturated carbocycles. The van der Waals surface area contributed by atoms with Crippen LogP contribution in [-0.4, -0.2) is 27.6 Å². The number of allylic oxidation sites excluding steroid dienone is 4. The normalized spacial score (nSPS) is 34.8. The quantitative estimate of drug-likeness (QED) is 0.319. The van der Waals surface area contributed by atoms with E-state index in [4.69, 9.17) is 0 Å². The largest absolute Gasteiger partial charge is 0.508 e. The number of fused-ring (bicyclic) bond motifs is 1. The first-order valence-corrected chi connectivity index (χ1v) is 13.8. The Morgan fingerprint density at radius 1 is 1.22 bits per heavy atom. The highest BCUT2D eigenvalue weighted by atomic mass is 16.3. The van der Waals surface area contributed by atoms with Crippen molar-refractivity contribution in [3.8, 4) is 5.75 Å². The maximum absolute atomic E-state index is 14.4. The van der Waals surface area contributed by atoms with E-state index >= 15 is 0 Å². The SMILES string of the molecule is CCC(C)C=C(C)[C@H]1C(C)=C[C@@]2(C)C[C@@H](C)CC[C@@H]2C1C(=O)C1=CC(O)(Cc2ccc(O)cc2)NC1=O. The third-order valence-electron chi connectivity index (χ3n) is 9.06. The zero-order valence-corrected chi connectivity index (χ0v) is 23.2. The van der Waals surface area contributed by atoms with E-state index < -0.39 is 11.6 Å². The number of rotatable bonds is 7. The van der Waals surface area contributed by atoms with Gasteiger partial charge >= 0.3 is 0 Å². The molecule has 0 aromatic heterocycles. The second kappa shape index (κ2) is 10.2. The topological polar surface area (TPSA) is 86.6 Å². The number of carbonyl (C=O) groups excluding carboxylic acids is 2. The molecule has 1 aliphatic heterocycles. The van der Waals surface area contributed by atoms with Gasteiger partial charge in [-0.25, -0.2) is 0 Å². The fourth-order valence-electron chi connectivity index (χ4n) is 7.31. The molecule has 7 atom stereocenters. The number of Topliss-reactive ketones (excluding diaryl/α,β-unsaturated/α-hetero) is 1. The molecule has 1 amide bonds. The fourth-order valence-corrected chi connectivity index (χ4v) is 7.31. The number of nitrogens with one attached hydrogen (secondary N) is 1. The maximum Gasteiger partial charge on any atom is 0.257 e. The van der Waals surface area contributed by atoms with E-state index in [2.05, 4.69) is 59.0 Å². The van der Waals surface area contributed by atoms with Crippen molar-refractivity contribution in [3.63, 3.8) is 0 Å². The Balaban J connectivity index is 1.73. The Bertz CT molecular complexity index is 1150. The lowest BCUT2D eigenvalue weighted by molar-refractivity contribution is -0.129. The number of hydrogen-bond donors (Lipinski definition) is 3. The molecule has 1 fully saturated rings. The first-order valence-electron chi connectivity index (χ1n) is 13.8. The van der Waals surface area contributed by atoms with Gasteiger partial charge in [0, 0.05) is 18.3 Å². The predicted molar refractivity (Wildman–Crippen MR) is 147 cm³/mol. The van der Waals surface area contributed by atoms with Gasteiger partial charge in [0.15, 0.2) is 11.5 Å². The van der Waals surface area contributed by atoms with Gasteiger partial charge in [-0.3, -0.25) is 9.59 Å². The van der Waals surface area contributed by atoms with Gasteiger partial charge in [-0.05, 0) is 73.6 Å². The second-order valence-electron chi connectivity index (χ2n) is 12.3. The minimum atomic E-state index is -1.64. The first-order chi connectivity index (χ1) is 17.4. The van der Waals surface area contributed by atoms with Crippen LogP contribution in [0.3, 0.4) is 0 Å². The first kappa shape index (κ1) is 27.4. The van der Waals surface area contributed by atoms with Crippen molar-refractivity contribution in [2.75, 3.05) is 0 Å². The predicted octanol–water partition coefficient (Wildman–Crippen LogP) is 5.88. The number of ketones is 1. The van der Waals surface area contributed by atoms with E-state index in [-0.39, 0.29) is 46.7 Å². The van der Waals surface area contributed by atoms with E-state index in [1.807, 2.05) is 0 Å². The van der Waals surface area contributed by atoms with Gasteiger partial charge in [0.25, 0.3) is 5.91 Å². The van der Waals surface area contributed by atoms with Gasteiger partial charge in [0.05, 0.1) is 5.57 Å². The number of phenolic OH excluding ortho intramolecular Hbond substituents is 1. The van der Waals surface area contributed by atoms with Gasteiger partial charge < -0.3 is 15.5 Å². The second-order valence-corrected chi connectivity index (χ2v) is 12.3. The Morgan fingerprint density at radius 3 is 2.54 bits per heavy atom. The average molecular weight is 506 g/mol. The van der Waals surface area contributed by atoms with E-state index in [0.717, 1.165) is 31.2 Å². The van der Waals surface area contributed by atoms with Crippen molar-refractivity contribution >= 4 is 11.7 Å². The Hall–Kier alpha value is -2.66. The lowest BCUT2D eigenvalue weighted by Crippen LogP contribution is -2.48. The molecule has 3 aliphatic rings. The summed E-state index contributed by atoms with van der Waals surface area (Å²) in [5.74, 6) is 0.236. The molecule has 4 rings (SSSR count). The molecule has 3 N–H and O–H groups in total. The number of phenols is 1. The summed E-state index contributed by atoms with van der Waals surface area (Å²) in [6.07, 6.45) is 10.4. The number of amides is 1. The summed E-state index contributed by atoms with van der Waals surface area (Å²) in [6, 6.07) is 6.50. The van der Waals surface area contributed by atoms with E-state index in [0.29, 0.717) is 11.8 Å². The summed E-state index contributed by atoms with van der Waals surface area (Å²) in [4.78, 5) is 27.5. The summed E-state index contributed by atoms with van der Waals surface area (Å²) >= 11 is 0. The molecule has 0 saturated heterocycles. The van der Waals surface area contributed by atoms with Crippen LogP contribution in [0.2, 0.25) is 0 Å². The van der Waals surface area contributed by atoms with Gasteiger partial charge in [-0.2, -0.15) is 0 Å². The summed E-state index contributed by atoms with van der Waals surface area (Å²) in [7, 11) is 0. The van der Waals surface area contributed by atoms with E-state index in [1.54, 1.807) is 24.3 Å². The molecule has 200 valence electrons. The van der Waals surface area contributed by atoms with Crippen LogP contribution < -0.4 is 5.32 Å². The number of benzene rings is 1. The van der Waals surface area contributed by atoms with Crippen LogP contribution in [-0.2, 0) is 16.0 Å². The Kier molecular flexibility index (Phi) is 7.58. The molecule has 2 aliphatic carbocycles. The van der Waals surface area contributed by atoms with Crippen LogP contribution in [0, 0.1) is 35.0 Å². The molecule has 0 bridgehead atoms. The molecule has 5 heteroatoms. The summed E-state index contributed by atoms with van der Waals surface area (Å²) in [5, 5.41) is 23.5. The van der Waals surface area contributed by atoms with Crippen LogP contribution in [0.1, 0.15) is 72.8 Å². The van der Waals surface area contributed by atoms with Crippen LogP contribution in [0.25, 0.3) is 0 Å². The fraction of sp³-hybridized carbons (Fsp3) is 0.562. The van der Waals surface area contributed by atoms with Crippen molar-refractivity contribution in [1.82, 2.24) is 5.32 Å². The van der Waals surface area contributed by atoms with Crippen LogP contribution >= 0.6 is 0 Å². The number of aromatic hydroxyl groups is 1. The van der Waals surface area contributed by atoms with Gasteiger partial charge in [-0.15, -0.1) is 0 Å². The van der Waals surface area contributed by atoms with Crippen molar-refractivity contribution in [1.29, 1.82) is 0 Å². The van der Waals surface area contributed by atoms with Crippen LogP contribution in [0.15, 0.2) is 59.2 Å². The summed E-state index contributed by atoms with van der Waals surface area (Å²) < 4.78 is 0. The van der Waals surface area contributed by atoms with Crippen LogP contribution in [0.5, 0.6) is 5.75 Å². The molecule has 1 heterocycles. The zero-order chi connectivity index (χ0) is 27.1. The smallest absolute Gasteiger partial charge is 0.257 e. The summed E-state index contributed by atoms with van der Waals surface area (Å²) in [6.45, 7) is 13.2. The number of hydrogen-bond acceptors (Lipinski definition) is 4. The van der Waals surface area contributed by atoms with E-state index in [1.165, 1.54) is 17.2 Å². The van der Waals surface area contributed by atoms with Gasteiger partial charge in [0.2, 0.25) is 0 Å². The standard InChI is InChI=1S/C32H43NO4/c1-7-19(2)14-21(4)27-22(5)16-31(6)15-20(3)8-13-26(31)28(27)29(35)25-18-32(37,33-30(25)36)17-23-9-11-24(34)12-10-23/h9-12,14,16,18-20,26-28,34,37H,7-8,13,15,17H2,1-6H3,(H,33,36)/t19?,20-,26+,27-,28?,31+,32?/m0/s1. The Labute approximate surface area is 221 Å². The molecular weight excluding hydrogens is 462 g/mol. The molecular formula is C32H43NO4. The summed E-state index contributed by atoms with van der Waals surface area (Å²) in [5.41, 5.74) is 1.50. The highest BCUT2D eigenvalue weighted by Crippen LogP contribution is 2.56. The highest BCUT2D eigenvalue weighted by molar-refractivity contribution is 6.22. The number of aliphatic hydroxyl groups is 1. The average Bonchev–Trinajstić information content (AvgIpc) is 3.12. The van der Waals surface area contributed by atoms with Crippen molar-refractivity contribution in [2.45, 2.75) is 79.4 Å². The van der Waals surface area contributed by atoms with Crippen molar-refractivity contribution in [2.24, 2.45) is 35.0 Å². The maximum atomic E-state index is 14.4. The van der Waals surface area contributed by atoms with E-state index in [9.17, 15) is 19.8 Å². The lowest BCUT2D eigenvalue weighted by atomic mass is 9.52. The number of carbonyl (C=O) groups is 2. The molecule has 1 aromatic rings. The minimum Gasteiger partial charge on any atom is -0.508 e. The molecule has 0 spiro atoms. The highest BCUT2D eigenvalue weighted by Gasteiger charge is 2.53. The minimum absolute atomic E-state index is 0.0486. The van der Waals surface area contributed by atoms with Gasteiger partial charge in [0.1, 0.15) is 5.75 Å². The third-order valence-corrected chi connectivity index (χ3v) is 9.06. The molecule has 5 nitrogen and oxygen atoms in total. The van der Waals surface area contributed by atoms with Crippen LogP contribution in [0.4, 0.5) is 0 Å². The van der Waals surface area contributed by atoms with Crippen molar-refractivity contribution < 1.29 is 19.8 Å². The monoisotopic (exact) mass is 505 g/mol. The molecule has 1 aromatic carbocycles. The molecule has 37 heavy (non-hydrogen) atoms. The third kappa shape index (κ3) is 5.47. The van der Waals surface area contributed by atoms with Crippen molar-refractivity contribution in [3.05, 3.63) is 64.8 Å². The Morgan fingerprint density at radius 2 is 1.89 bits per heavy atom. The zero-order valence-electron chi connectivity index (χ0n) is 23.2. The molecule has 3 unspecified atom stereocenters. The van der Waals surface area contributed by atoms with Gasteiger partial charge in [-0.1, -0.05) is 76.0 Å². The lowest BCUT2D eigenvalue weighted by Gasteiger charge is -2.52.